The third-order valence-electron chi connectivity index (χ3n) is 3.53. The lowest BCUT2D eigenvalue weighted by Crippen LogP contribution is -2.48. The molecule has 6 heteroatoms. The summed E-state index contributed by atoms with van der Waals surface area (Å²) in [5.74, 6) is -0.235. The molecule has 5 nitrogen and oxygen atoms in total. The van der Waals surface area contributed by atoms with Gasteiger partial charge in [-0.3, -0.25) is 14.5 Å². The summed E-state index contributed by atoms with van der Waals surface area (Å²) in [7, 11) is 0. The zero-order valence-corrected chi connectivity index (χ0v) is 13.2. The summed E-state index contributed by atoms with van der Waals surface area (Å²) in [6.45, 7) is 6.37. The van der Waals surface area contributed by atoms with Crippen LogP contribution in [-0.2, 0) is 20.9 Å². The number of piperazine rings is 1. The molecule has 1 aliphatic rings. The molecule has 0 radical (unpaired) electrons. The quantitative estimate of drug-likeness (QED) is 0.751. The van der Waals surface area contributed by atoms with Crippen molar-refractivity contribution >= 4 is 23.2 Å². The fourth-order valence-corrected chi connectivity index (χ4v) is 3.12. The van der Waals surface area contributed by atoms with Crippen LogP contribution in [0.25, 0.3) is 0 Å². The summed E-state index contributed by atoms with van der Waals surface area (Å²) in [5.41, 5.74) is 0. The number of esters is 1. The number of hydrogen-bond acceptors (Lipinski definition) is 5. The maximum Gasteiger partial charge on any atom is 0.306 e. The van der Waals surface area contributed by atoms with Crippen LogP contribution in [0.2, 0.25) is 0 Å². The first-order chi connectivity index (χ1) is 10.2. The van der Waals surface area contributed by atoms with Crippen molar-refractivity contribution in [3.63, 3.8) is 0 Å². The van der Waals surface area contributed by atoms with Crippen molar-refractivity contribution in [1.29, 1.82) is 0 Å². The van der Waals surface area contributed by atoms with E-state index in [1.807, 2.05) is 4.90 Å². The lowest BCUT2D eigenvalue weighted by Gasteiger charge is -2.34. The molecule has 0 spiro atoms. The second-order valence-corrected chi connectivity index (χ2v) is 6.07. The average Bonchev–Trinajstić information content (AvgIpc) is 2.99. The van der Waals surface area contributed by atoms with E-state index in [9.17, 15) is 9.59 Å². The Balaban J connectivity index is 1.68. The van der Waals surface area contributed by atoms with Gasteiger partial charge in [-0.2, -0.15) is 0 Å². The molecule has 2 rings (SSSR count). The van der Waals surface area contributed by atoms with Crippen LogP contribution in [0.4, 0.5) is 0 Å². The van der Waals surface area contributed by atoms with E-state index in [2.05, 4.69) is 22.4 Å². The van der Waals surface area contributed by atoms with Crippen molar-refractivity contribution in [2.45, 2.75) is 26.3 Å². The van der Waals surface area contributed by atoms with Gasteiger partial charge < -0.3 is 9.64 Å². The molecular formula is C15H22N2O3S. The molecule has 1 fully saturated rings. The summed E-state index contributed by atoms with van der Waals surface area (Å²) in [5, 5.41) is 2.09. The van der Waals surface area contributed by atoms with E-state index in [1.54, 1.807) is 18.3 Å². The van der Waals surface area contributed by atoms with E-state index in [0.717, 1.165) is 32.7 Å². The van der Waals surface area contributed by atoms with Crippen LogP contribution >= 0.6 is 11.3 Å². The van der Waals surface area contributed by atoms with Crippen molar-refractivity contribution in [3.8, 4) is 0 Å². The van der Waals surface area contributed by atoms with Crippen LogP contribution in [0.5, 0.6) is 0 Å². The first kappa shape index (κ1) is 16.0. The standard InChI is InChI=1S/C15H22N2O3S/c1-2-20-15(19)6-5-14(18)17-9-7-16(8-10-17)12-13-4-3-11-21-13/h3-4,11H,2,5-10,12H2,1H3. The van der Waals surface area contributed by atoms with Gasteiger partial charge in [-0.25, -0.2) is 0 Å². The normalized spacial score (nSPS) is 16.0. The van der Waals surface area contributed by atoms with E-state index in [-0.39, 0.29) is 24.7 Å². The smallest absolute Gasteiger partial charge is 0.306 e. The van der Waals surface area contributed by atoms with Gasteiger partial charge in [0.1, 0.15) is 0 Å². The molecule has 0 aliphatic carbocycles. The Morgan fingerprint density at radius 1 is 1.24 bits per heavy atom. The number of rotatable bonds is 6. The fourth-order valence-electron chi connectivity index (χ4n) is 2.38. The molecule has 2 heterocycles. The Hall–Kier alpha value is -1.40. The van der Waals surface area contributed by atoms with Gasteiger partial charge in [-0.1, -0.05) is 6.07 Å². The highest BCUT2D eigenvalue weighted by Crippen LogP contribution is 2.14. The largest absolute Gasteiger partial charge is 0.466 e. The van der Waals surface area contributed by atoms with Crippen LogP contribution in [0.3, 0.4) is 0 Å². The number of carbonyl (C=O) groups is 2. The van der Waals surface area contributed by atoms with Crippen molar-refractivity contribution in [2.75, 3.05) is 32.8 Å². The number of nitrogens with zero attached hydrogens (tertiary/aromatic N) is 2. The first-order valence-corrected chi connectivity index (χ1v) is 8.25. The topological polar surface area (TPSA) is 49.9 Å². The Bertz CT molecular complexity index is 453. The van der Waals surface area contributed by atoms with Crippen molar-refractivity contribution in [3.05, 3.63) is 22.4 Å². The van der Waals surface area contributed by atoms with Crippen LogP contribution in [-0.4, -0.2) is 54.5 Å². The van der Waals surface area contributed by atoms with Gasteiger partial charge in [0.2, 0.25) is 5.91 Å². The fraction of sp³-hybridized carbons (Fsp3) is 0.600. The second-order valence-electron chi connectivity index (χ2n) is 5.04. The molecule has 21 heavy (non-hydrogen) atoms. The summed E-state index contributed by atoms with van der Waals surface area (Å²) in [6, 6.07) is 4.21. The van der Waals surface area contributed by atoms with Crippen molar-refractivity contribution in [2.24, 2.45) is 0 Å². The van der Waals surface area contributed by atoms with E-state index in [0.29, 0.717) is 6.61 Å². The van der Waals surface area contributed by atoms with Crippen LogP contribution < -0.4 is 0 Å². The Kier molecular flexibility index (Phi) is 6.20. The highest BCUT2D eigenvalue weighted by Gasteiger charge is 2.21. The van der Waals surface area contributed by atoms with E-state index in [1.165, 1.54) is 4.88 Å². The maximum atomic E-state index is 12.0. The van der Waals surface area contributed by atoms with Gasteiger partial charge in [0.05, 0.1) is 13.0 Å². The van der Waals surface area contributed by atoms with Crippen LogP contribution in [0.1, 0.15) is 24.6 Å². The van der Waals surface area contributed by atoms with E-state index in [4.69, 9.17) is 4.74 Å². The zero-order chi connectivity index (χ0) is 15.1. The summed E-state index contributed by atoms with van der Waals surface area (Å²) < 4.78 is 4.84. The maximum absolute atomic E-state index is 12.0. The lowest BCUT2D eigenvalue weighted by atomic mass is 10.2. The van der Waals surface area contributed by atoms with E-state index >= 15 is 0 Å². The third kappa shape index (κ3) is 5.13. The predicted octanol–water partition coefficient (Wildman–Crippen LogP) is 1.74. The minimum Gasteiger partial charge on any atom is -0.466 e. The lowest BCUT2D eigenvalue weighted by molar-refractivity contribution is -0.146. The minimum atomic E-state index is -0.290. The molecule has 0 atom stereocenters. The van der Waals surface area contributed by atoms with Gasteiger partial charge in [0.15, 0.2) is 0 Å². The Labute approximate surface area is 129 Å². The molecule has 1 amide bonds. The highest BCUT2D eigenvalue weighted by molar-refractivity contribution is 7.09. The molecular weight excluding hydrogens is 288 g/mol. The monoisotopic (exact) mass is 310 g/mol. The van der Waals surface area contributed by atoms with Gasteiger partial charge in [-0.05, 0) is 18.4 Å². The summed E-state index contributed by atoms with van der Waals surface area (Å²) >= 11 is 1.77. The predicted molar refractivity (Wildman–Crippen MR) is 82.0 cm³/mol. The second kappa shape index (κ2) is 8.14. The Morgan fingerprint density at radius 3 is 2.62 bits per heavy atom. The minimum absolute atomic E-state index is 0.0545. The summed E-state index contributed by atoms with van der Waals surface area (Å²) in [6.07, 6.45) is 0.436. The molecule has 0 saturated carbocycles. The van der Waals surface area contributed by atoms with Gasteiger partial charge in [0.25, 0.3) is 0 Å². The number of hydrogen-bond donors (Lipinski definition) is 0. The zero-order valence-electron chi connectivity index (χ0n) is 12.4. The van der Waals surface area contributed by atoms with E-state index < -0.39 is 0 Å². The van der Waals surface area contributed by atoms with Gasteiger partial charge in [0, 0.05) is 44.0 Å². The SMILES string of the molecule is CCOC(=O)CCC(=O)N1CCN(Cc2cccs2)CC1. The molecule has 0 aromatic carbocycles. The molecule has 0 N–H and O–H groups in total. The molecule has 1 saturated heterocycles. The van der Waals surface area contributed by atoms with Gasteiger partial charge in [-0.15, -0.1) is 11.3 Å². The van der Waals surface area contributed by atoms with Crippen molar-refractivity contribution in [1.82, 2.24) is 9.80 Å². The number of thiophene rings is 1. The number of carbonyl (C=O) groups excluding carboxylic acids is 2. The third-order valence-corrected chi connectivity index (χ3v) is 4.39. The highest BCUT2D eigenvalue weighted by atomic mass is 32.1. The number of amides is 1. The first-order valence-electron chi connectivity index (χ1n) is 7.37. The molecule has 1 aromatic heterocycles. The van der Waals surface area contributed by atoms with Crippen LogP contribution in [0, 0.1) is 0 Å². The number of ether oxygens (including phenoxy) is 1. The molecule has 1 aromatic rings. The summed E-state index contributed by atoms with van der Waals surface area (Å²) in [4.78, 5) is 28.9. The molecule has 116 valence electrons. The molecule has 0 unspecified atom stereocenters. The van der Waals surface area contributed by atoms with Crippen molar-refractivity contribution < 1.29 is 14.3 Å². The average molecular weight is 310 g/mol. The van der Waals surface area contributed by atoms with Crippen LogP contribution in [0.15, 0.2) is 17.5 Å². The van der Waals surface area contributed by atoms with Gasteiger partial charge >= 0.3 is 5.97 Å². The molecule has 0 bridgehead atoms. The Morgan fingerprint density at radius 2 is 2.00 bits per heavy atom. The molecule has 1 aliphatic heterocycles.